The Morgan fingerprint density at radius 3 is 1.91 bits per heavy atom. The van der Waals surface area contributed by atoms with Crippen LogP contribution in [0.2, 0.25) is 0 Å². The molecule has 166 valence electrons. The zero-order valence-corrected chi connectivity index (χ0v) is 18.7. The quantitative estimate of drug-likeness (QED) is 0.482. The molecule has 1 aliphatic heterocycles. The monoisotopic (exact) mass is 429 g/mol. The van der Waals surface area contributed by atoms with Crippen LogP contribution in [0.25, 0.3) is 21.8 Å². The van der Waals surface area contributed by atoms with Crippen LogP contribution in [0.4, 0.5) is 0 Å². The molecule has 1 atom stereocenters. The number of hydrogen-bond acceptors (Lipinski definition) is 4. The summed E-state index contributed by atoms with van der Waals surface area (Å²) in [5, 5.41) is 13.5. The topological polar surface area (TPSA) is 40.9 Å². The molecule has 4 aromatic rings. The summed E-state index contributed by atoms with van der Waals surface area (Å²) in [5.74, 6) is 0.899. The predicted octanol–water partition coefficient (Wildman–Crippen LogP) is 3.98. The van der Waals surface area contributed by atoms with Gasteiger partial charge in [-0.2, -0.15) is 0 Å². The molecule has 0 bridgehead atoms. The SMILES string of the molecule is COc1ccc(CN2CCN(C[C@H](O)Cn3c4ccccc4c4ccccc43)CC2)cc1. The Morgan fingerprint density at radius 1 is 0.750 bits per heavy atom. The summed E-state index contributed by atoms with van der Waals surface area (Å²) >= 11 is 0. The Hall–Kier alpha value is -2.86. The van der Waals surface area contributed by atoms with Crippen molar-refractivity contribution < 1.29 is 9.84 Å². The van der Waals surface area contributed by atoms with Gasteiger partial charge in [0.15, 0.2) is 0 Å². The highest BCUT2D eigenvalue weighted by Gasteiger charge is 2.20. The van der Waals surface area contributed by atoms with Gasteiger partial charge in [0.25, 0.3) is 0 Å². The Labute approximate surface area is 189 Å². The van der Waals surface area contributed by atoms with Gasteiger partial charge < -0.3 is 14.4 Å². The van der Waals surface area contributed by atoms with Crippen LogP contribution in [-0.2, 0) is 13.1 Å². The number of aliphatic hydroxyl groups is 1. The van der Waals surface area contributed by atoms with Crippen LogP contribution >= 0.6 is 0 Å². The molecule has 0 spiro atoms. The van der Waals surface area contributed by atoms with Gasteiger partial charge in [0.05, 0.1) is 19.8 Å². The predicted molar refractivity (Wildman–Crippen MR) is 130 cm³/mol. The molecule has 1 N–H and O–H groups in total. The van der Waals surface area contributed by atoms with Crippen molar-refractivity contribution in [1.82, 2.24) is 14.4 Å². The van der Waals surface area contributed by atoms with Gasteiger partial charge in [-0.1, -0.05) is 48.5 Å². The summed E-state index contributed by atoms with van der Waals surface area (Å²) in [6.07, 6.45) is -0.401. The first-order valence-corrected chi connectivity index (χ1v) is 11.4. The first-order valence-electron chi connectivity index (χ1n) is 11.4. The molecule has 0 unspecified atom stereocenters. The number of rotatable bonds is 7. The average molecular weight is 430 g/mol. The van der Waals surface area contributed by atoms with E-state index in [-0.39, 0.29) is 0 Å². The summed E-state index contributed by atoms with van der Waals surface area (Å²) in [4.78, 5) is 4.88. The first-order chi connectivity index (χ1) is 15.7. The van der Waals surface area contributed by atoms with E-state index in [1.54, 1.807) is 7.11 Å². The van der Waals surface area contributed by atoms with Gasteiger partial charge in [-0.25, -0.2) is 0 Å². The Morgan fingerprint density at radius 2 is 1.31 bits per heavy atom. The second-order valence-corrected chi connectivity index (χ2v) is 8.72. The lowest BCUT2D eigenvalue weighted by atomic mass is 10.2. The van der Waals surface area contributed by atoms with E-state index in [0.29, 0.717) is 13.1 Å². The summed E-state index contributed by atoms with van der Waals surface area (Å²) in [7, 11) is 1.70. The zero-order valence-electron chi connectivity index (χ0n) is 18.7. The van der Waals surface area contributed by atoms with Crippen LogP contribution in [0, 0.1) is 0 Å². The van der Waals surface area contributed by atoms with Crippen molar-refractivity contribution in [3.8, 4) is 5.75 Å². The molecule has 1 saturated heterocycles. The third-order valence-electron chi connectivity index (χ3n) is 6.57. The molecular weight excluding hydrogens is 398 g/mol. The van der Waals surface area contributed by atoms with E-state index in [4.69, 9.17) is 4.74 Å². The molecule has 1 fully saturated rings. The molecule has 0 aliphatic carbocycles. The van der Waals surface area contributed by atoms with E-state index in [0.717, 1.165) is 38.5 Å². The molecule has 5 rings (SSSR count). The lowest BCUT2D eigenvalue weighted by Gasteiger charge is -2.35. The second kappa shape index (κ2) is 9.33. The van der Waals surface area contributed by atoms with Gasteiger partial charge in [0.2, 0.25) is 0 Å². The van der Waals surface area contributed by atoms with Crippen molar-refractivity contribution in [3.05, 3.63) is 78.4 Å². The highest BCUT2D eigenvalue weighted by molar-refractivity contribution is 6.07. The van der Waals surface area contributed by atoms with Crippen molar-refractivity contribution in [2.24, 2.45) is 0 Å². The molecular formula is C27H31N3O2. The van der Waals surface area contributed by atoms with Crippen molar-refractivity contribution in [2.45, 2.75) is 19.2 Å². The molecule has 5 nitrogen and oxygen atoms in total. The van der Waals surface area contributed by atoms with Crippen LogP contribution in [0.3, 0.4) is 0 Å². The molecule has 32 heavy (non-hydrogen) atoms. The number of β-amino-alcohol motifs (C(OH)–C–C–N with tert-alkyl or cyclic N) is 1. The van der Waals surface area contributed by atoms with Gasteiger partial charge >= 0.3 is 0 Å². The van der Waals surface area contributed by atoms with Gasteiger partial charge in [0, 0.05) is 61.1 Å². The smallest absolute Gasteiger partial charge is 0.118 e. The molecule has 0 radical (unpaired) electrons. The fourth-order valence-electron chi connectivity index (χ4n) is 4.89. The number of benzene rings is 3. The van der Waals surface area contributed by atoms with Crippen LogP contribution < -0.4 is 4.74 Å². The van der Waals surface area contributed by atoms with Crippen LogP contribution in [0.1, 0.15) is 5.56 Å². The van der Waals surface area contributed by atoms with Crippen molar-refractivity contribution in [3.63, 3.8) is 0 Å². The standard InChI is InChI=1S/C27H31N3O2/c1-32-23-12-10-21(11-13-23)18-28-14-16-29(17-15-28)19-22(31)20-30-26-8-4-2-6-24(26)25-7-3-5-9-27(25)30/h2-13,22,31H,14-20H2,1H3/t22-/m0/s1. The van der Waals surface area contributed by atoms with E-state index < -0.39 is 6.10 Å². The molecule has 2 heterocycles. The second-order valence-electron chi connectivity index (χ2n) is 8.72. The third-order valence-corrected chi connectivity index (χ3v) is 6.57. The Kier molecular flexibility index (Phi) is 6.12. The van der Waals surface area contributed by atoms with E-state index >= 15 is 0 Å². The maximum absolute atomic E-state index is 11.0. The van der Waals surface area contributed by atoms with E-state index in [1.807, 2.05) is 12.1 Å². The van der Waals surface area contributed by atoms with Gasteiger partial charge in [-0.05, 0) is 29.8 Å². The number of hydrogen-bond donors (Lipinski definition) is 1. The highest BCUT2D eigenvalue weighted by atomic mass is 16.5. The normalized spacial score (nSPS) is 16.6. The van der Waals surface area contributed by atoms with E-state index in [2.05, 4.69) is 75.0 Å². The summed E-state index contributed by atoms with van der Waals surface area (Å²) in [6.45, 7) is 6.29. The molecule has 0 amide bonds. The number of fused-ring (bicyclic) bond motifs is 3. The largest absolute Gasteiger partial charge is 0.497 e. The van der Waals surface area contributed by atoms with E-state index in [1.165, 1.54) is 27.4 Å². The lowest BCUT2D eigenvalue weighted by Crippen LogP contribution is -2.48. The molecule has 0 saturated carbocycles. The van der Waals surface area contributed by atoms with Gasteiger partial charge in [-0.3, -0.25) is 9.80 Å². The number of ether oxygens (including phenoxy) is 1. The molecule has 1 aromatic heterocycles. The number of nitrogens with zero attached hydrogens (tertiary/aromatic N) is 3. The van der Waals surface area contributed by atoms with Crippen molar-refractivity contribution in [2.75, 3.05) is 39.8 Å². The maximum Gasteiger partial charge on any atom is 0.118 e. The summed E-state index contributed by atoms with van der Waals surface area (Å²) in [5.41, 5.74) is 3.69. The van der Waals surface area contributed by atoms with E-state index in [9.17, 15) is 5.11 Å². The fraction of sp³-hybridized carbons (Fsp3) is 0.333. The first kappa shape index (κ1) is 21.0. The van der Waals surface area contributed by atoms with Gasteiger partial charge in [-0.15, -0.1) is 0 Å². The molecule has 3 aromatic carbocycles. The fourth-order valence-corrected chi connectivity index (χ4v) is 4.89. The minimum Gasteiger partial charge on any atom is -0.497 e. The van der Waals surface area contributed by atoms with Gasteiger partial charge in [0.1, 0.15) is 5.75 Å². The number of aliphatic hydroxyl groups excluding tert-OH is 1. The Bertz CT molecular complexity index is 1120. The molecule has 1 aliphatic rings. The lowest BCUT2D eigenvalue weighted by molar-refractivity contribution is 0.0634. The number of methoxy groups -OCH3 is 1. The summed E-state index contributed by atoms with van der Waals surface area (Å²) in [6, 6.07) is 25.3. The summed E-state index contributed by atoms with van der Waals surface area (Å²) < 4.78 is 7.52. The minimum absolute atomic E-state index is 0.401. The average Bonchev–Trinajstić information content (AvgIpc) is 3.15. The van der Waals surface area contributed by atoms with Crippen LogP contribution in [-0.4, -0.2) is 65.4 Å². The number of aromatic nitrogens is 1. The highest BCUT2D eigenvalue weighted by Crippen LogP contribution is 2.29. The number of piperazine rings is 1. The zero-order chi connectivity index (χ0) is 21.9. The third kappa shape index (κ3) is 4.37. The van der Waals surface area contributed by atoms with Crippen LogP contribution in [0.5, 0.6) is 5.75 Å². The Balaban J connectivity index is 1.19. The van der Waals surface area contributed by atoms with Crippen molar-refractivity contribution in [1.29, 1.82) is 0 Å². The number of para-hydroxylation sites is 2. The van der Waals surface area contributed by atoms with Crippen LogP contribution in [0.15, 0.2) is 72.8 Å². The molecule has 5 heteroatoms. The van der Waals surface area contributed by atoms with Crippen molar-refractivity contribution >= 4 is 21.8 Å². The minimum atomic E-state index is -0.401. The maximum atomic E-state index is 11.0.